The Hall–Kier alpha value is 1.23. The Bertz CT molecular complexity index is 75.5. The van der Waals surface area contributed by atoms with Gasteiger partial charge in [-0.3, -0.25) is 6.08 Å². The zero-order valence-corrected chi connectivity index (χ0v) is 18.1. The minimum atomic E-state index is 0. The summed E-state index contributed by atoms with van der Waals surface area (Å²) in [4.78, 5) is 0. The van der Waals surface area contributed by atoms with Crippen LogP contribution >= 0.6 is 37.2 Å². The molecule has 0 aromatic rings. The molecule has 0 nitrogen and oxygen atoms in total. The first kappa shape index (κ1) is 59.3. The van der Waals surface area contributed by atoms with Crippen molar-refractivity contribution in [1.82, 2.24) is 0 Å². The molecule has 0 aromatic heterocycles. The largest absolute Gasteiger partial charge is 0.346 e. The molecule has 1 rings (SSSR count). The van der Waals surface area contributed by atoms with Crippen LogP contribution in [-0.4, -0.2) is 0 Å². The van der Waals surface area contributed by atoms with Crippen LogP contribution in [0.25, 0.3) is 0 Å². The van der Waals surface area contributed by atoms with Crippen molar-refractivity contribution in [3.63, 3.8) is 0 Å². The van der Waals surface area contributed by atoms with Crippen molar-refractivity contribution in [2.45, 2.75) is 41.0 Å². The van der Waals surface area contributed by atoms with Crippen molar-refractivity contribution in [3.05, 3.63) is 58.9 Å². The van der Waals surface area contributed by atoms with Crippen LogP contribution in [0.3, 0.4) is 0 Å². The summed E-state index contributed by atoms with van der Waals surface area (Å²) in [7, 11) is 0. The molecule has 19 heavy (non-hydrogen) atoms. The average Bonchev–Trinajstić information content (AvgIpc) is 3.00. The fourth-order valence-electron chi connectivity index (χ4n) is 0.340. The van der Waals surface area contributed by atoms with Crippen LogP contribution in [-0.2, 0) is 26.2 Å². The second-order valence-corrected chi connectivity index (χ2v) is 1.00. The third-order valence-electron chi connectivity index (χ3n) is 0.586. The number of hydrogen-bond acceptors (Lipinski definition) is 0. The molecule has 0 radical (unpaired) electrons. The van der Waals surface area contributed by atoms with Crippen LogP contribution in [0, 0.1) is 40.7 Å². The van der Waals surface area contributed by atoms with Gasteiger partial charge in [-0.2, -0.15) is 40.7 Å². The van der Waals surface area contributed by atoms with Crippen molar-refractivity contribution in [2.24, 2.45) is 0 Å². The van der Waals surface area contributed by atoms with Crippen LogP contribution in [0.15, 0.2) is 18.2 Å². The van der Waals surface area contributed by atoms with Gasteiger partial charge in [0.1, 0.15) is 0 Å². The first-order chi connectivity index (χ1) is 7.50. The van der Waals surface area contributed by atoms with Crippen molar-refractivity contribution >= 4 is 37.2 Å². The van der Waals surface area contributed by atoms with E-state index in [1.165, 1.54) is 0 Å². The minimum Gasteiger partial charge on any atom is -0.346 e. The summed E-state index contributed by atoms with van der Waals surface area (Å²) in [6.07, 6.45) is 10.0. The van der Waals surface area contributed by atoms with E-state index in [0.29, 0.717) is 0 Å². The number of allylic oxidation sites excluding steroid dienone is 4. The fourth-order valence-corrected chi connectivity index (χ4v) is 0.340. The zero-order chi connectivity index (χ0) is 13.5. The van der Waals surface area contributed by atoms with E-state index in [1.54, 1.807) is 34.6 Å². The molecule has 1 aliphatic carbocycles. The molecule has 0 N–H and O–H groups in total. The number of hydrogen-bond donors (Lipinski definition) is 0. The second kappa shape index (κ2) is 165. The Morgan fingerprint density at radius 1 is 0.684 bits per heavy atom. The molecule has 0 amide bonds. The topological polar surface area (TPSA) is 0 Å². The molecule has 0 aliphatic heterocycles. The van der Waals surface area contributed by atoms with Crippen molar-refractivity contribution in [1.29, 1.82) is 0 Å². The standard InChI is InChI=1S/C5H5.5C2H5.3ClH.Zr/c1-2-4-5-3-1;5*1-2;;;;/h1-3H,4H2;5*1H2,2H3;3*1H;/q6*-1;;;;. The molecular formula is C15H33Cl3Zr-6. The summed E-state index contributed by atoms with van der Waals surface area (Å²) in [5.74, 6) is 0. The Labute approximate surface area is 162 Å². The molecule has 0 spiro atoms. The van der Waals surface area contributed by atoms with Crippen molar-refractivity contribution < 1.29 is 26.2 Å². The first-order valence-corrected chi connectivity index (χ1v) is 5.25. The third-order valence-corrected chi connectivity index (χ3v) is 0.586. The van der Waals surface area contributed by atoms with Gasteiger partial charge in [0.25, 0.3) is 0 Å². The average molecular weight is 411 g/mol. The normalized spacial score (nSPS) is 6.21. The van der Waals surface area contributed by atoms with E-state index < -0.39 is 0 Å². The van der Waals surface area contributed by atoms with Crippen LogP contribution in [0.5, 0.6) is 0 Å². The summed E-state index contributed by atoms with van der Waals surface area (Å²) in [6.45, 7) is 25.0. The van der Waals surface area contributed by atoms with E-state index in [0.717, 1.165) is 6.42 Å². The van der Waals surface area contributed by atoms with Gasteiger partial charge >= 0.3 is 0 Å². The predicted octanol–water partition coefficient (Wildman–Crippen LogP) is 6.77. The Kier molecular flexibility index (Phi) is 514. The maximum atomic E-state index is 3.25. The predicted molar refractivity (Wildman–Crippen MR) is 98.5 cm³/mol. The van der Waals surface area contributed by atoms with Crippen molar-refractivity contribution in [2.75, 3.05) is 0 Å². The van der Waals surface area contributed by atoms with E-state index in [1.807, 2.05) is 12.2 Å². The smallest absolute Gasteiger partial charge is 0 e. The molecule has 0 saturated heterocycles. The van der Waals surface area contributed by atoms with E-state index in [-0.39, 0.29) is 63.4 Å². The number of halogens is 3. The van der Waals surface area contributed by atoms with Gasteiger partial charge in [-0.1, -0.05) is 0 Å². The van der Waals surface area contributed by atoms with Gasteiger partial charge in [0.2, 0.25) is 0 Å². The van der Waals surface area contributed by atoms with E-state index in [2.05, 4.69) is 46.8 Å². The second-order valence-electron chi connectivity index (χ2n) is 1.00. The van der Waals surface area contributed by atoms with Gasteiger partial charge in [-0.05, 0) is 0 Å². The first-order valence-electron chi connectivity index (χ1n) is 5.25. The van der Waals surface area contributed by atoms with E-state index in [4.69, 9.17) is 0 Å². The van der Waals surface area contributed by atoms with Crippen LogP contribution < -0.4 is 0 Å². The summed E-state index contributed by atoms with van der Waals surface area (Å²) in [5, 5.41) is 0. The van der Waals surface area contributed by atoms with Gasteiger partial charge in [0, 0.05) is 26.2 Å². The molecule has 0 unspecified atom stereocenters. The molecule has 0 atom stereocenters. The maximum Gasteiger partial charge on any atom is 0 e. The quantitative estimate of drug-likeness (QED) is 0.386. The summed E-state index contributed by atoms with van der Waals surface area (Å²) >= 11 is 0. The van der Waals surface area contributed by atoms with Gasteiger partial charge in [-0.25, -0.2) is 12.2 Å². The SMILES string of the molecule is Cl.Cl.Cl.[C-]1=CC=CC1.[CH2-]C.[CH2-]C.[CH2-]C.[CH2-]C.[CH2-]C.[Zr]. The van der Waals surface area contributed by atoms with Gasteiger partial charge < -0.3 is 34.6 Å². The molecule has 0 aromatic carbocycles. The van der Waals surface area contributed by atoms with Crippen LogP contribution in [0.1, 0.15) is 41.0 Å². The monoisotopic (exact) mass is 408 g/mol. The fraction of sp³-hybridized carbons (Fsp3) is 0.400. The third kappa shape index (κ3) is 147. The Morgan fingerprint density at radius 2 is 0.947 bits per heavy atom. The summed E-state index contributed by atoms with van der Waals surface area (Å²) in [5.41, 5.74) is 0. The Balaban J connectivity index is -0.00000000930. The minimum absolute atomic E-state index is 0. The molecule has 124 valence electrons. The summed E-state index contributed by atoms with van der Waals surface area (Å²) in [6, 6.07) is 0. The van der Waals surface area contributed by atoms with Gasteiger partial charge in [0.15, 0.2) is 0 Å². The molecule has 0 fully saturated rings. The van der Waals surface area contributed by atoms with E-state index >= 15 is 0 Å². The zero-order valence-electron chi connectivity index (χ0n) is 13.2. The molecule has 0 heterocycles. The van der Waals surface area contributed by atoms with Gasteiger partial charge in [-0.15, -0.1) is 43.6 Å². The molecule has 0 saturated carbocycles. The van der Waals surface area contributed by atoms with Crippen LogP contribution in [0.4, 0.5) is 0 Å². The van der Waals surface area contributed by atoms with Crippen molar-refractivity contribution in [3.8, 4) is 0 Å². The van der Waals surface area contributed by atoms with E-state index in [9.17, 15) is 0 Å². The molecular weight excluding hydrogens is 378 g/mol. The van der Waals surface area contributed by atoms with Crippen LogP contribution in [0.2, 0.25) is 0 Å². The molecule has 1 aliphatic rings. The summed E-state index contributed by atoms with van der Waals surface area (Å²) < 4.78 is 0. The molecule has 4 heteroatoms. The Morgan fingerprint density at radius 3 is 1.00 bits per heavy atom. The maximum absolute atomic E-state index is 3.25. The van der Waals surface area contributed by atoms with Gasteiger partial charge in [0.05, 0.1) is 0 Å². The molecule has 0 bridgehead atoms. The number of rotatable bonds is 0.